The van der Waals surface area contributed by atoms with Crippen LogP contribution in [0.3, 0.4) is 0 Å². The highest BCUT2D eigenvalue weighted by molar-refractivity contribution is 6.06. The third-order valence-electron chi connectivity index (χ3n) is 5.27. The number of nitrogens with one attached hydrogen (secondary N) is 1. The highest BCUT2D eigenvalue weighted by Gasteiger charge is 2.27. The number of anilines is 2. The van der Waals surface area contributed by atoms with Crippen molar-refractivity contribution < 1.29 is 9.59 Å². The number of nitrogens with two attached hydrogens (primary N) is 1. The molecule has 3 heterocycles. The Morgan fingerprint density at radius 2 is 1.97 bits per heavy atom. The van der Waals surface area contributed by atoms with E-state index in [4.69, 9.17) is 5.73 Å². The van der Waals surface area contributed by atoms with Gasteiger partial charge in [-0.15, -0.1) is 0 Å². The predicted octanol–water partition coefficient (Wildman–Crippen LogP) is 2.80. The van der Waals surface area contributed by atoms with Crippen LogP contribution in [0.5, 0.6) is 0 Å². The number of hydrazone groups is 1. The molecule has 2 aliphatic heterocycles. The Labute approximate surface area is 169 Å². The average Bonchev–Trinajstić information content (AvgIpc) is 3.12. The number of nitrogen functional groups attached to an aromatic ring is 1. The molecule has 2 aromatic rings. The fourth-order valence-electron chi connectivity index (χ4n) is 3.68. The molecule has 0 bridgehead atoms. The van der Waals surface area contributed by atoms with Crippen molar-refractivity contribution in [1.29, 1.82) is 0 Å². The van der Waals surface area contributed by atoms with Crippen LogP contribution in [0.2, 0.25) is 0 Å². The molecule has 3 amide bonds. The Balaban J connectivity index is 1.44. The van der Waals surface area contributed by atoms with Crippen LogP contribution in [-0.4, -0.2) is 39.1 Å². The summed E-state index contributed by atoms with van der Waals surface area (Å²) in [4.78, 5) is 30.6. The monoisotopic (exact) mass is 392 g/mol. The molecule has 0 saturated carbocycles. The van der Waals surface area contributed by atoms with Crippen molar-refractivity contribution in [3.8, 4) is 0 Å². The molecular weight excluding hydrogens is 368 g/mol. The maximum absolute atomic E-state index is 12.6. The maximum atomic E-state index is 12.6. The zero-order valence-electron chi connectivity index (χ0n) is 16.6. The van der Waals surface area contributed by atoms with Gasteiger partial charge < -0.3 is 16.0 Å². The second kappa shape index (κ2) is 7.54. The fourth-order valence-corrected chi connectivity index (χ4v) is 3.68. The number of benzene rings is 1. The van der Waals surface area contributed by atoms with Crippen molar-refractivity contribution in [3.63, 3.8) is 0 Å². The van der Waals surface area contributed by atoms with E-state index in [1.807, 2.05) is 44.2 Å². The van der Waals surface area contributed by atoms with Crippen LogP contribution in [0, 0.1) is 5.92 Å². The van der Waals surface area contributed by atoms with E-state index in [1.165, 1.54) is 5.01 Å². The van der Waals surface area contributed by atoms with Crippen LogP contribution >= 0.6 is 0 Å². The Hall–Kier alpha value is -3.42. The lowest BCUT2D eigenvalue weighted by Crippen LogP contribution is -2.36. The maximum Gasteiger partial charge on any atom is 0.322 e. The predicted molar refractivity (Wildman–Crippen MR) is 111 cm³/mol. The lowest BCUT2D eigenvalue weighted by atomic mass is 9.93. The lowest BCUT2D eigenvalue weighted by Gasteiger charge is -2.26. The van der Waals surface area contributed by atoms with Gasteiger partial charge in [0, 0.05) is 31.1 Å². The van der Waals surface area contributed by atoms with Crippen molar-refractivity contribution >= 4 is 29.2 Å². The lowest BCUT2D eigenvalue weighted by molar-refractivity contribution is -0.132. The summed E-state index contributed by atoms with van der Waals surface area (Å²) in [5.41, 5.74) is 10.1. The Kier molecular flexibility index (Phi) is 4.92. The van der Waals surface area contributed by atoms with Gasteiger partial charge in [-0.2, -0.15) is 5.10 Å². The first-order valence-electron chi connectivity index (χ1n) is 9.74. The van der Waals surface area contributed by atoms with Gasteiger partial charge in [0.15, 0.2) is 0 Å². The number of urea groups is 1. The second-order valence-electron chi connectivity index (χ2n) is 7.41. The number of hydrogen-bond acceptors (Lipinski definition) is 5. The third-order valence-corrected chi connectivity index (χ3v) is 5.27. The Morgan fingerprint density at radius 1 is 1.21 bits per heavy atom. The topological polar surface area (TPSA) is 104 Å². The smallest absolute Gasteiger partial charge is 0.322 e. The number of carbonyl (C=O) groups is 2. The summed E-state index contributed by atoms with van der Waals surface area (Å²) in [5.74, 6) is 0.578. The van der Waals surface area contributed by atoms with E-state index in [0.29, 0.717) is 37.6 Å². The van der Waals surface area contributed by atoms with Crippen molar-refractivity contribution in [3.05, 3.63) is 53.2 Å². The van der Waals surface area contributed by atoms with E-state index in [1.54, 1.807) is 11.0 Å². The largest absolute Gasteiger partial charge is 0.384 e. The van der Waals surface area contributed by atoms with Crippen molar-refractivity contribution in [2.24, 2.45) is 11.0 Å². The summed E-state index contributed by atoms with van der Waals surface area (Å²) < 4.78 is 0. The highest BCUT2D eigenvalue weighted by Crippen LogP contribution is 2.24. The van der Waals surface area contributed by atoms with E-state index >= 15 is 0 Å². The molecule has 0 spiro atoms. The number of aromatic nitrogens is 1. The number of amides is 3. The number of nitrogens with zero attached hydrogens (tertiary/aromatic N) is 4. The average molecular weight is 392 g/mol. The number of pyridine rings is 1. The van der Waals surface area contributed by atoms with Gasteiger partial charge in [0.05, 0.1) is 18.0 Å². The van der Waals surface area contributed by atoms with Crippen LogP contribution < -0.4 is 11.1 Å². The first-order chi connectivity index (χ1) is 13.9. The first kappa shape index (κ1) is 18.9. The summed E-state index contributed by atoms with van der Waals surface area (Å²) in [7, 11) is 0. The summed E-state index contributed by atoms with van der Waals surface area (Å²) in [6.07, 6.45) is 0.458. The number of fused-ring (bicyclic) bond motifs is 1. The summed E-state index contributed by atoms with van der Waals surface area (Å²) in [5, 5.41) is 8.94. The molecule has 0 saturated heterocycles. The fraction of sp³-hybridized carbons (Fsp3) is 0.333. The molecule has 4 rings (SSSR count). The molecule has 0 aliphatic carbocycles. The van der Waals surface area contributed by atoms with Gasteiger partial charge in [0.1, 0.15) is 5.82 Å². The van der Waals surface area contributed by atoms with Gasteiger partial charge in [-0.3, -0.25) is 4.79 Å². The standard InChI is InChI=1S/C21H24N6O2/c1-3-27-19(28)10-13(2)20(25-27)14-4-7-16(8-5-14)23-21(29)26-11-15-6-9-18(22)24-17(15)12-26/h4-9,13H,3,10-12H2,1-2H3,(H2,22,24)(H,23,29)/t13-/m0/s1. The van der Waals surface area contributed by atoms with E-state index in [2.05, 4.69) is 15.4 Å². The molecular formula is C21H24N6O2. The van der Waals surface area contributed by atoms with Crippen LogP contribution in [0.4, 0.5) is 16.3 Å². The molecule has 1 atom stereocenters. The molecule has 1 aromatic heterocycles. The van der Waals surface area contributed by atoms with Gasteiger partial charge in [0.25, 0.3) is 0 Å². The Morgan fingerprint density at radius 3 is 2.69 bits per heavy atom. The van der Waals surface area contributed by atoms with Crippen molar-refractivity contribution in [2.75, 3.05) is 17.6 Å². The number of hydrogen-bond donors (Lipinski definition) is 2. The minimum absolute atomic E-state index is 0.0514. The van der Waals surface area contributed by atoms with Gasteiger partial charge >= 0.3 is 6.03 Å². The van der Waals surface area contributed by atoms with Crippen molar-refractivity contribution in [2.45, 2.75) is 33.4 Å². The van der Waals surface area contributed by atoms with Gasteiger partial charge in [-0.05, 0) is 36.2 Å². The quantitative estimate of drug-likeness (QED) is 0.838. The minimum Gasteiger partial charge on any atom is -0.384 e. The summed E-state index contributed by atoms with van der Waals surface area (Å²) >= 11 is 0. The van der Waals surface area contributed by atoms with Crippen LogP contribution in [0.15, 0.2) is 41.5 Å². The van der Waals surface area contributed by atoms with Gasteiger partial charge in [0.2, 0.25) is 5.91 Å². The molecule has 0 unspecified atom stereocenters. The van der Waals surface area contributed by atoms with Crippen LogP contribution in [0.1, 0.15) is 37.1 Å². The molecule has 150 valence electrons. The molecule has 3 N–H and O–H groups in total. The molecule has 29 heavy (non-hydrogen) atoms. The van der Waals surface area contributed by atoms with Gasteiger partial charge in [-0.25, -0.2) is 14.8 Å². The minimum atomic E-state index is -0.180. The normalized spacial score (nSPS) is 18.5. The highest BCUT2D eigenvalue weighted by atomic mass is 16.2. The molecule has 8 nitrogen and oxygen atoms in total. The van der Waals surface area contributed by atoms with Crippen LogP contribution in [-0.2, 0) is 17.9 Å². The van der Waals surface area contributed by atoms with Crippen molar-refractivity contribution in [1.82, 2.24) is 14.9 Å². The molecule has 8 heteroatoms. The summed E-state index contributed by atoms with van der Waals surface area (Å²) in [6.45, 7) is 5.43. The van der Waals surface area contributed by atoms with Crippen LogP contribution in [0.25, 0.3) is 0 Å². The molecule has 0 radical (unpaired) electrons. The number of carbonyl (C=O) groups excluding carboxylic acids is 2. The molecule has 1 aromatic carbocycles. The zero-order valence-corrected chi connectivity index (χ0v) is 16.6. The van der Waals surface area contributed by atoms with E-state index < -0.39 is 0 Å². The SMILES string of the molecule is CCN1N=C(c2ccc(NC(=O)N3Cc4ccc(N)nc4C3)cc2)[C@@H](C)CC1=O. The summed E-state index contributed by atoms with van der Waals surface area (Å²) in [6, 6.07) is 11.0. The van der Waals surface area contributed by atoms with E-state index in [0.717, 1.165) is 22.5 Å². The molecule has 0 fully saturated rings. The Bertz CT molecular complexity index is 985. The first-order valence-corrected chi connectivity index (χ1v) is 9.74. The van der Waals surface area contributed by atoms with Gasteiger partial charge in [-0.1, -0.05) is 25.1 Å². The molecule has 2 aliphatic rings. The van der Waals surface area contributed by atoms with E-state index in [9.17, 15) is 9.59 Å². The zero-order chi connectivity index (χ0) is 20.5. The third kappa shape index (κ3) is 3.78. The number of rotatable bonds is 3. The van der Waals surface area contributed by atoms with E-state index in [-0.39, 0.29) is 17.9 Å². The second-order valence-corrected chi connectivity index (χ2v) is 7.41.